The highest BCUT2D eigenvalue weighted by atomic mass is 19.1. The van der Waals surface area contributed by atoms with Gasteiger partial charge in [-0.3, -0.25) is 10.1 Å². The Bertz CT molecular complexity index is 422. The molecule has 4 heteroatoms. The molecule has 17 heavy (non-hydrogen) atoms. The molecule has 0 radical (unpaired) electrons. The van der Waals surface area contributed by atoms with Crippen molar-refractivity contribution in [1.29, 1.82) is 0 Å². The van der Waals surface area contributed by atoms with Crippen molar-refractivity contribution in [3.63, 3.8) is 0 Å². The first-order valence-electron chi connectivity index (χ1n) is 5.96. The van der Waals surface area contributed by atoms with Crippen LogP contribution in [0.4, 0.5) is 4.39 Å². The van der Waals surface area contributed by atoms with E-state index in [2.05, 4.69) is 5.32 Å². The lowest BCUT2D eigenvalue weighted by molar-refractivity contribution is -0.129. The zero-order valence-electron chi connectivity index (χ0n) is 10.1. The highest BCUT2D eigenvalue weighted by Gasteiger charge is 2.37. The molecule has 0 saturated carbocycles. The summed E-state index contributed by atoms with van der Waals surface area (Å²) in [6.45, 7) is 4.47. The van der Waals surface area contributed by atoms with E-state index in [0.717, 1.165) is 6.42 Å². The summed E-state index contributed by atoms with van der Waals surface area (Å²) in [5.41, 5.74) is 0.540. The molecule has 0 spiro atoms. The van der Waals surface area contributed by atoms with E-state index in [4.69, 9.17) is 0 Å². The van der Waals surface area contributed by atoms with Crippen LogP contribution in [0.3, 0.4) is 0 Å². The number of nitrogens with one attached hydrogen (secondary N) is 1. The minimum atomic E-state index is -0.335. The van der Waals surface area contributed by atoms with Crippen LogP contribution in [-0.4, -0.2) is 23.4 Å². The minimum Gasteiger partial charge on any atom is -0.321 e. The molecule has 1 N–H and O–H groups in total. The summed E-state index contributed by atoms with van der Waals surface area (Å²) in [5.74, 6) is -0.229. The predicted octanol–water partition coefficient (Wildman–Crippen LogP) is 2.05. The molecular weight excluding hydrogens is 219 g/mol. The van der Waals surface area contributed by atoms with E-state index < -0.39 is 0 Å². The van der Waals surface area contributed by atoms with Gasteiger partial charge >= 0.3 is 0 Å². The van der Waals surface area contributed by atoms with Crippen LogP contribution in [-0.2, 0) is 4.79 Å². The van der Waals surface area contributed by atoms with Gasteiger partial charge in [0, 0.05) is 12.1 Å². The lowest BCUT2D eigenvalue weighted by Crippen LogP contribution is -2.31. The lowest BCUT2D eigenvalue weighted by Gasteiger charge is -2.24. The maximum atomic E-state index is 13.7. The normalized spacial score (nSPS) is 24.4. The van der Waals surface area contributed by atoms with Crippen molar-refractivity contribution >= 4 is 5.91 Å². The molecule has 0 aromatic heterocycles. The summed E-state index contributed by atoms with van der Waals surface area (Å²) in [6.07, 6.45) is 0.532. The first-order chi connectivity index (χ1) is 8.15. The SMILES string of the molecule is CCCN1C(=O)C(C)NC1c1ccccc1F. The monoisotopic (exact) mass is 236 g/mol. The maximum absolute atomic E-state index is 13.7. The fourth-order valence-corrected chi connectivity index (χ4v) is 2.21. The molecule has 2 rings (SSSR count). The van der Waals surface area contributed by atoms with E-state index in [1.54, 1.807) is 23.1 Å². The van der Waals surface area contributed by atoms with Gasteiger partial charge in [0.1, 0.15) is 12.0 Å². The fourth-order valence-electron chi connectivity index (χ4n) is 2.21. The molecule has 1 aromatic carbocycles. The summed E-state index contributed by atoms with van der Waals surface area (Å²) in [6, 6.07) is 6.35. The molecule has 2 unspecified atom stereocenters. The molecule has 1 heterocycles. The van der Waals surface area contributed by atoms with Gasteiger partial charge in [-0.1, -0.05) is 25.1 Å². The van der Waals surface area contributed by atoms with Crippen LogP contribution >= 0.6 is 0 Å². The molecule has 1 saturated heterocycles. The van der Waals surface area contributed by atoms with Crippen molar-refractivity contribution in [2.24, 2.45) is 0 Å². The highest BCUT2D eigenvalue weighted by Crippen LogP contribution is 2.27. The average molecular weight is 236 g/mol. The molecule has 1 amide bonds. The minimum absolute atomic E-state index is 0.0418. The fraction of sp³-hybridized carbons (Fsp3) is 0.462. The molecule has 2 atom stereocenters. The Morgan fingerprint density at radius 3 is 2.76 bits per heavy atom. The Hall–Kier alpha value is -1.42. The zero-order valence-corrected chi connectivity index (χ0v) is 10.1. The van der Waals surface area contributed by atoms with Gasteiger partial charge in [-0.25, -0.2) is 4.39 Å². The van der Waals surface area contributed by atoms with Crippen LogP contribution in [0.15, 0.2) is 24.3 Å². The third-order valence-corrected chi connectivity index (χ3v) is 3.04. The van der Waals surface area contributed by atoms with E-state index >= 15 is 0 Å². The zero-order chi connectivity index (χ0) is 12.4. The van der Waals surface area contributed by atoms with Gasteiger partial charge in [0.2, 0.25) is 5.91 Å². The topological polar surface area (TPSA) is 32.3 Å². The van der Waals surface area contributed by atoms with Crippen molar-refractivity contribution in [2.75, 3.05) is 6.54 Å². The second-order valence-corrected chi connectivity index (χ2v) is 4.34. The van der Waals surface area contributed by atoms with Crippen molar-refractivity contribution in [1.82, 2.24) is 10.2 Å². The molecule has 1 aliphatic heterocycles. The molecule has 0 bridgehead atoms. The number of hydrogen-bond donors (Lipinski definition) is 1. The van der Waals surface area contributed by atoms with Gasteiger partial charge < -0.3 is 4.90 Å². The van der Waals surface area contributed by atoms with E-state index in [-0.39, 0.29) is 23.9 Å². The van der Waals surface area contributed by atoms with Gasteiger partial charge in [-0.05, 0) is 19.4 Å². The average Bonchev–Trinajstić information content (AvgIpc) is 2.58. The number of halogens is 1. The molecule has 1 aromatic rings. The van der Waals surface area contributed by atoms with Crippen LogP contribution in [0.1, 0.15) is 32.0 Å². The van der Waals surface area contributed by atoms with E-state index in [9.17, 15) is 9.18 Å². The summed E-state index contributed by atoms with van der Waals surface area (Å²) in [7, 11) is 0. The number of rotatable bonds is 3. The molecule has 92 valence electrons. The first-order valence-corrected chi connectivity index (χ1v) is 5.96. The summed E-state index contributed by atoms with van der Waals surface area (Å²) >= 11 is 0. The molecule has 3 nitrogen and oxygen atoms in total. The van der Waals surface area contributed by atoms with Crippen LogP contribution in [0, 0.1) is 5.82 Å². The summed E-state index contributed by atoms with van der Waals surface area (Å²) in [4.78, 5) is 13.6. The quantitative estimate of drug-likeness (QED) is 0.871. The summed E-state index contributed by atoms with van der Waals surface area (Å²) in [5, 5.41) is 3.13. The smallest absolute Gasteiger partial charge is 0.241 e. The Balaban J connectivity index is 2.31. The second-order valence-electron chi connectivity index (χ2n) is 4.34. The van der Waals surface area contributed by atoms with Gasteiger partial charge in [0.25, 0.3) is 0 Å². The Morgan fingerprint density at radius 2 is 2.12 bits per heavy atom. The van der Waals surface area contributed by atoms with Gasteiger partial charge in [-0.15, -0.1) is 0 Å². The van der Waals surface area contributed by atoms with E-state index in [1.165, 1.54) is 6.07 Å². The maximum Gasteiger partial charge on any atom is 0.241 e. The third-order valence-electron chi connectivity index (χ3n) is 3.04. The number of carbonyl (C=O) groups is 1. The number of hydrogen-bond acceptors (Lipinski definition) is 2. The van der Waals surface area contributed by atoms with Gasteiger partial charge in [0.05, 0.1) is 6.04 Å². The van der Waals surface area contributed by atoms with Crippen LogP contribution in [0.2, 0.25) is 0 Å². The largest absolute Gasteiger partial charge is 0.321 e. The predicted molar refractivity (Wildman–Crippen MR) is 63.7 cm³/mol. The van der Waals surface area contributed by atoms with E-state index in [0.29, 0.717) is 12.1 Å². The van der Waals surface area contributed by atoms with Crippen LogP contribution in [0.25, 0.3) is 0 Å². The van der Waals surface area contributed by atoms with Crippen LogP contribution < -0.4 is 5.32 Å². The standard InChI is InChI=1S/C13H17FN2O/c1-3-8-16-12(15-9(2)13(16)17)10-6-4-5-7-11(10)14/h4-7,9,12,15H,3,8H2,1-2H3. The Morgan fingerprint density at radius 1 is 1.41 bits per heavy atom. The molecule has 0 aliphatic carbocycles. The highest BCUT2D eigenvalue weighted by molar-refractivity contribution is 5.84. The molecule has 1 aliphatic rings. The summed E-state index contributed by atoms with van der Waals surface area (Å²) < 4.78 is 13.7. The molecule has 1 fully saturated rings. The number of benzene rings is 1. The van der Waals surface area contributed by atoms with Gasteiger partial charge in [0.15, 0.2) is 0 Å². The van der Waals surface area contributed by atoms with Crippen molar-refractivity contribution < 1.29 is 9.18 Å². The van der Waals surface area contributed by atoms with Crippen LogP contribution in [0.5, 0.6) is 0 Å². The van der Waals surface area contributed by atoms with Crippen molar-refractivity contribution in [2.45, 2.75) is 32.5 Å². The van der Waals surface area contributed by atoms with E-state index in [1.807, 2.05) is 13.8 Å². The second kappa shape index (κ2) is 4.84. The Labute approximate surface area is 101 Å². The first kappa shape index (κ1) is 12.0. The van der Waals surface area contributed by atoms with Crippen molar-refractivity contribution in [3.8, 4) is 0 Å². The van der Waals surface area contributed by atoms with Gasteiger partial charge in [-0.2, -0.15) is 0 Å². The number of amides is 1. The number of nitrogens with zero attached hydrogens (tertiary/aromatic N) is 1. The number of carbonyl (C=O) groups excluding carboxylic acids is 1. The molecular formula is C13H17FN2O. The lowest BCUT2D eigenvalue weighted by atomic mass is 10.1. The Kier molecular flexibility index (Phi) is 3.43. The third kappa shape index (κ3) is 2.17. The van der Waals surface area contributed by atoms with Crippen molar-refractivity contribution in [3.05, 3.63) is 35.6 Å².